The number of halogens is 2. The average molecular weight is 308 g/mol. The minimum Gasteiger partial charge on any atom is -0.309 e. The molecule has 1 heterocycles. The van der Waals surface area contributed by atoms with Gasteiger partial charge in [-0.15, -0.1) is 11.3 Å². The van der Waals surface area contributed by atoms with Crippen LogP contribution in [0.15, 0.2) is 18.2 Å². The van der Waals surface area contributed by atoms with Gasteiger partial charge in [0.05, 0.1) is 5.69 Å². The largest absolute Gasteiger partial charge is 0.309 e. The number of nitrogens with one attached hydrogen (secondary N) is 1. The Hall–Kier alpha value is -1.33. The van der Waals surface area contributed by atoms with E-state index in [1.807, 2.05) is 0 Å². The van der Waals surface area contributed by atoms with Gasteiger partial charge in [0.25, 0.3) is 0 Å². The molecular weight excluding hydrogens is 290 g/mol. The monoisotopic (exact) mass is 308 g/mol. The van der Waals surface area contributed by atoms with Crippen molar-refractivity contribution in [1.82, 2.24) is 10.3 Å². The summed E-state index contributed by atoms with van der Waals surface area (Å²) in [4.78, 5) is 5.84. The quantitative estimate of drug-likeness (QED) is 0.901. The van der Waals surface area contributed by atoms with Crippen LogP contribution in [0.25, 0.3) is 10.6 Å². The molecule has 3 rings (SSSR count). The van der Waals surface area contributed by atoms with Crippen LogP contribution >= 0.6 is 11.3 Å². The lowest BCUT2D eigenvalue weighted by Gasteiger charge is -2.22. The van der Waals surface area contributed by atoms with Crippen LogP contribution in [0, 0.1) is 11.6 Å². The van der Waals surface area contributed by atoms with Crippen LogP contribution in [-0.4, -0.2) is 11.5 Å². The SMILES string of the molecule is CCCNC1CCCc2nc(-c3cc(F)cc(F)c3)sc21. The molecular formula is C16H18F2N2S. The van der Waals surface area contributed by atoms with Gasteiger partial charge in [-0.3, -0.25) is 0 Å². The second-order valence-electron chi connectivity index (χ2n) is 5.39. The molecule has 1 aromatic carbocycles. The van der Waals surface area contributed by atoms with Gasteiger partial charge in [0.1, 0.15) is 16.6 Å². The normalized spacial score (nSPS) is 17.8. The molecule has 0 fully saturated rings. The van der Waals surface area contributed by atoms with Gasteiger partial charge in [-0.25, -0.2) is 13.8 Å². The Morgan fingerprint density at radius 2 is 2.05 bits per heavy atom. The molecule has 1 aliphatic rings. The molecule has 1 atom stereocenters. The molecule has 2 aromatic rings. The first-order valence-corrected chi connectivity index (χ1v) is 8.18. The number of rotatable bonds is 4. The number of nitrogens with zero attached hydrogens (tertiary/aromatic N) is 1. The van der Waals surface area contributed by atoms with Crippen LogP contribution in [-0.2, 0) is 6.42 Å². The van der Waals surface area contributed by atoms with Crippen molar-refractivity contribution in [2.45, 2.75) is 38.6 Å². The van der Waals surface area contributed by atoms with Crippen LogP contribution < -0.4 is 5.32 Å². The third kappa shape index (κ3) is 3.14. The highest BCUT2D eigenvalue weighted by Gasteiger charge is 2.24. The Labute approximate surface area is 127 Å². The highest BCUT2D eigenvalue weighted by atomic mass is 32.1. The average Bonchev–Trinajstić information content (AvgIpc) is 2.88. The van der Waals surface area contributed by atoms with Gasteiger partial charge in [0.2, 0.25) is 0 Å². The van der Waals surface area contributed by atoms with E-state index in [1.54, 1.807) is 11.3 Å². The van der Waals surface area contributed by atoms with Gasteiger partial charge in [-0.2, -0.15) is 0 Å². The van der Waals surface area contributed by atoms with Crippen molar-refractivity contribution in [1.29, 1.82) is 0 Å². The van der Waals surface area contributed by atoms with Crippen molar-refractivity contribution in [2.75, 3.05) is 6.54 Å². The Morgan fingerprint density at radius 3 is 2.76 bits per heavy atom. The molecule has 0 radical (unpaired) electrons. The van der Waals surface area contributed by atoms with Gasteiger partial charge in [0.15, 0.2) is 0 Å². The van der Waals surface area contributed by atoms with Crippen molar-refractivity contribution >= 4 is 11.3 Å². The maximum Gasteiger partial charge on any atom is 0.126 e. The fourth-order valence-electron chi connectivity index (χ4n) is 2.73. The molecule has 112 valence electrons. The van der Waals surface area contributed by atoms with Crippen LogP contribution in [0.1, 0.15) is 42.8 Å². The van der Waals surface area contributed by atoms with Crippen LogP contribution in [0.3, 0.4) is 0 Å². The number of fused-ring (bicyclic) bond motifs is 1. The molecule has 2 nitrogen and oxygen atoms in total. The van der Waals surface area contributed by atoms with Crippen LogP contribution in [0.5, 0.6) is 0 Å². The van der Waals surface area contributed by atoms with Crippen LogP contribution in [0.4, 0.5) is 8.78 Å². The first-order valence-electron chi connectivity index (χ1n) is 7.37. The summed E-state index contributed by atoms with van der Waals surface area (Å²) in [7, 11) is 0. The fraction of sp³-hybridized carbons (Fsp3) is 0.438. The first-order chi connectivity index (χ1) is 10.2. The van der Waals surface area contributed by atoms with E-state index in [0.29, 0.717) is 16.6 Å². The molecule has 1 unspecified atom stereocenters. The van der Waals surface area contributed by atoms with E-state index in [4.69, 9.17) is 0 Å². The van der Waals surface area contributed by atoms with Gasteiger partial charge in [-0.05, 0) is 44.4 Å². The fourth-order valence-corrected chi connectivity index (χ4v) is 3.94. The summed E-state index contributed by atoms with van der Waals surface area (Å²) in [5.41, 5.74) is 1.61. The first kappa shape index (κ1) is 14.6. The lowest BCUT2D eigenvalue weighted by molar-refractivity contribution is 0.465. The summed E-state index contributed by atoms with van der Waals surface area (Å²) < 4.78 is 26.7. The molecule has 0 amide bonds. The van der Waals surface area contributed by atoms with E-state index in [2.05, 4.69) is 17.2 Å². The van der Waals surface area contributed by atoms with Gasteiger partial charge >= 0.3 is 0 Å². The van der Waals surface area contributed by atoms with Gasteiger partial charge < -0.3 is 5.32 Å². The molecule has 0 aliphatic heterocycles. The summed E-state index contributed by atoms with van der Waals surface area (Å²) in [6.45, 7) is 3.12. The molecule has 0 saturated heterocycles. The number of hydrogen-bond donors (Lipinski definition) is 1. The molecule has 1 N–H and O–H groups in total. The van der Waals surface area contributed by atoms with E-state index in [1.165, 1.54) is 17.0 Å². The van der Waals surface area contributed by atoms with E-state index < -0.39 is 11.6 Å². The van der Waals surface area contributed by atoms with Crippen molar-refractivity contribution < 1.29 is 8.78 Å². The second-order valence-corrected chi connectivity index (χ2v) is 6.42. The lowest BCUT2D eigenvalue weighted by atomic mass is 9.98. The highest BCUT2D eigenvalue weighted by molar-refractivity contribution is 7.15. The van der Waals surface area contributed by atoms with Crippen molar-refractivity contribution in [3.8, 4) is 10.6 Å². The van der Waals surface area contributed by atoms with E-state index in [9.17, 15) is 8.78 Å². The molecule has 0 saturated carbocycles. The predicted molar refractivity (Wildman–Crippen MR) is 81.4 cm³/mol. The van der Waals surface area contributed by atoms with Crippen molar-refractivity contribution in [3.05, 3.63) is 40.4 Å². The number of thiazole rings is 1. The third-order valence-electron chi connectivity index (χ3n) is 3.70. The van der Waals surface area contributed by atoms with Crippen LogP contribution in [0.2, 0.25) is 0 Å². The zero-order chi connectivity index (χ0) is 14.8. The minimum absolute atomic E-state index is 0.332. The smallest absolute Gasteiger partial charge is 0.126 e. The third-order valence-corrected chi connectivity index (χ3v) is 4.96. The molecule has 0 spiro atoms. The maximum atomic E-state index is 13.4. The number of aryl methyl sites for hydroxylation is 1. The van der Waals surface area contributed by atoms with Gasteiger partial charge in [-0.1, -0.05) is 6.92 Å². The van der Waals surface area contributed by atoms with Crippen molar-refractivity contribution in [2.24, 2.45) is 0 Å². The Kier molecular flexibility index (Phi) is 4.31. The second kappa shape index (κ2) is 6.20. The summed E-state index contributed by atoms with van der Waals surface area (Å²) in [6, 6.07) is 3.92. The number of benzene rings is 1. The topological polar surface area (TPSA) is 24.9 Å². The highest BCUT2D eigenvalue weighted by Crippen LogP contribution is 2.38. The molecule has 1 aromatic heterocycles. The zero-order valence-electron chi connectivity index (χ0n) is 12.0. The Morgan fingerprint density at radius 1 is 1.29 bits per heavy atom. The summed E-state index contributed by atoms with van der Waals surface area (Å²) >= 11 is 1.56. The predicted octanol–water partition coefficient (Wildman–Crippen LogP) is 4.47. The summed E-state index contributed by atoms with van der Waals surface area (Å²) in [6.07, 6.45) is 4.25. The molecule has 5 heteroatoms. The molecule has 0 bridgehead atoms. The summed E-state index contributed by atoms with van der Waals surface area (Å²) in [5, 5.41) is 4.25. The number of aromatic nitrogens is 1. The minimum atomic E-state index is -0.557. The van der Waals surface area contributed by atoms with Crippen molar-refractivity contribution in [3.63, 3.8) is 0 Å². The zero-order valence-corrected chi connectivity index (χ0v) is 12.8. The summed E-state index contributed by atoms with van der Waals surface area (Å²) in [5.74, 6) is -1.11. The standard InChI is InChI=1S/C16H18F2N2S/c1-2-6-19-13-4-3-5-14-15(13)21-16(20-14)10-7-11(17)9-12(18)8-10/h7-9,13,19H,2-6H2,1H3. The maximum absolute atomic E-state index is 13.4. The molecule has 21 heavy (non-hydrogen) atoms. The van der Waals surface area contributed by atoms with E-state index in [0.717, 1.165) is 44.0 Å². The van der Waals surface area contributed by atoms with E-state index >= 15 is 0 Å². The number of hydrogen-bond acceptors (Lipinski definition) is 3. The molecule has 1 aliphatic carbocycles. The van der Waals surface area contributed by atoms with Gasteiger partial charge in [0, 0.05) is 22.5 Å². The Balaban J connectivity index is 1.93. The Bertz CT molecular complexity index is 619. The lowest BCUT2D eigenvalue weighted by Crippen LogP contribution is -2.24. The van der Waals surface area contributed by atoms with E-state index in [-0.39, 0.29) is 0 Å².